The van der Waals surface area contributed by atoms with Gasteiger partial charge in [-0.05, 0) is 54.0 Å². The normalized spacial score (nSPS) is 10.1. The maximum Gasteiger partial charge on any atom is 0.696 e. The van der Waals surface area contributed by atoms with Gasteiger partial charge in [-0.25, -0.2) is 0 Å². The van der Waals surface area contributed by atoms with E-state index in [1.807, 2.05) is 32.0 Å². The average Bonchev–Trinajstić information content (AvgIpc) is 2.63. The molecule has 0 radical (unpaired) electrons. The van der Waals surface area contributed by atoms with Crippen molar-refractivity contribution in [3.63, 3.8) is 0 Å². The lowest BCUT2D eigenvalue weighted by Crippen LogP contribution is -2.11. The summed E-state index contributed by atoms with van der Waals surface area (Å²) < 4.78 is 25.8. The van der Waals surface area contributed by atoms with Crippen molar-refractivity contribution >= 4 is 51.5 Å². The van der Waals surface area contributed by atoms with Crippen LogP contribution in [-0.2, 0) is 13.6 Å². The van der Waals surface area contributed by atoms with Gasteiger partial charge in [-0.1, -0.05) is 15.9 Å². The first-order valence-corrected chi connectivity index (χ1v) is 10.6. The quantitative estimate of drug-likeness (QED) is 0.238. The molecule has 0 heterocycles. The minimum atomic E-state index is -1.83. The molecular weight excluding hydrogens is 519 g/mol. The van der Waals surface area contributed by atoms with Crippen molar-refractivity contribution in [2.75, 3.05) is 19.5 Å². The van der Waals surface area contributed by atoms with Crippen LogP contribution in [0.2, 0.25) is 0 Å². The van der Waals surface area contributed by atoms with Crippen LogP contribution in [0.4, 0.5) is 11.4 Å². The first kappa shape index (κ1) is 24.5. The Morgan fingerprint density at radius 1 is 1.11 bits per heavy atom. The number of nitro benzene ring substituents is 1. The fraction of sp³-hybridized carbons (Fsp3) is 0.294. The molecule has 0 spiro atoms. The third kappa shape index (κ3) is 8.20. The van der Waals surface area contributed by atoms with Crippen LogP contribution in [0.3, 0.4) is 0 Å². The van der Waals surface area contributed by atoms with E-state index >= 15 is 0 Å². The topological polar surface area (TPSA) is 99.9 Å². The van der Waals surface area contributed by atoms with E-state index in [9.17, 15) is 14.7 Å². The molecule has 0 aliphatic carbocycles. The second-order valence-electron chi connectivity index (χ2n) is 5.50. The first-order chi connectivity index (χ1) is 13.2. The van der Waals surface area contributed by atoms with Gasteiger partial charge in [-0.3, -0.25) is 10.1 Å². The molecule has 0 fully saturated rings. The Bertz CT molecular complexity index is 829. The molecular formula is C17H20Br2N2O6P+. The summed E-state index contributed by atoms with van der Waals surface area (Å²) in [5, 5.41) is 14.1. The van der Waals surface area contributed by atoms with E-state index < -0.39 is 13.2 Å². The number of hydrogen-bond acceptors (Lipinski definition) is 7. The van der Waals surface area contributed by atoms with E-state index in [4.69, 9.17) is 4.74 Å². The van der Waals surface area contributed by atoms with Crippen LogP contribution in [0.15, 0.2) is 45.3 Å². The summed E-state index contributed by atoms with van der Waals surface area (Å²) >= 11 is 6.80. The molecule has 0 atom stereocenters. The number of nitro groups is 1. The number of halogens is 2. The van der Waals surface area contributed by atoms with E-state index in [1.165, 1.54) is 20.3 Å². The van der Waals surface area contributed by atoms with E-state index in [2.05, 4.69) is 46.2 Å². The lowest BCUT2D eigenvalue weighted by molar-refractivity contribution is -0.384. The number of benzene rings is 2. The number of nitrogens with zero attached hydrogens (tertiary/aromatic N) is 1. The monoisotopic (exact) mass is 537 g/mol. The molecule has 0 bridgehead atoms. The molecule has 152 valence electrons. The summed E-state index contributed by atoms with van der Waals surface area (Å²) in [6.07, 6.45) is 0. The van der Waals surface area contributed by atoms with Gasteiger partial charge >= 0.3 is 8.25 Å². The van der Waals surface area contributed by atoms with E-state index in [0.29, 0.717) is 17.2 Å². The lowest BCUT2D eigenvalue weighted by Gasteiger charge is -2.13. The second kappa shape index (κ2) is 12.1. The highest BCUT2D eigenvalue weighted by Gasteiger charge is 2.16. The van der Waals surface area contributed by atoms with Crippen molar-refractivity contribution in [1.29, 1.82) is 0 Å². The van der Waals surface area contributed by atoms with Gasteiger partial charge in [0.25, 0.3) is 5.69 Å². The summed E-state index contributed by atoms with van der Waals surface area (Å²) in [6, 6.07) is 10.3. The predicted molar refractivity (Wildman–Crippen MR) is 115 cm³/mol. The van der Waals surface area contributed by atoms with Crippen LogP contribution >= 0.6 is 40.1 Å². The molecule has 8 nitrogen and oxygen atoms in total. The molecule has 0 aromatic heterocycles. The minimum absolute atomic E-state index is 0.0240. The van der Waals surface area contributed by atoms with Gasteiger partial charge in [-0.15, -0.1) is 9.05 Å². The summed E-state index contributed by atoms with van der Waals surface area (Å²) in [5.41, 5.74) is 0.460. The Balaban J connectivity index is 0.000000568. The molecule has 11 heteroatoms. The number of hydrogen-bond donors (Lipinski definition) is 1. The van der Waals surface area contributed by atoms with Crippen molar-refractivity contribution in [3.8, 4) is 11.5 Å². The van der Waals surface area contributed by atoms with Crippen LogP contribution in [0, 0.1) is 10.1 Å². The van der Waals surface area contributed by atoms with Gasteiger partial charge in [0.2, 0.25) is 0 Å². The average molecular weight is 539 g/mol. The smallest absolute Gasteiger partial charge is 0.456 e. The van der Waals surface area contributed by atoms with E-state index in [0.717, 1.165) is 8.95 Å². The fourth-order valence-electron chi connectivity index (χ4n) is 1.92. The van der Waals surface area contributed by atoms with Gasteiger partial charge in [-0.2, -0.15) is 0 Å². The van der Waals surface area contributed by atoms with Crippen molar-refractivity contribution in [3.05, 3.63) is 55.5 Å². The predicted octanol–water partition coefficient (Wildman–Crippen LogP) is 6.67. The highest BCUT2D eigenvalue weighted by molar-refractivity contribution is 9.11. The molecule has 1 N–H and O–H groups in total. The van der Waals surface area contributed by atoms with Crippen molar-refractivity contribution < 1.29 is 23.3 Å². The molecule has 28 heavy (non-hydrogen) atoms. The molecule has 0 aliphatic rings. The zero-order valence-electron chi connectivity index (χ0n) is 15.6. The van der Waals surface area contributed by atoms with Crippen LogP contribution < -0.4 is 10.1 Å². The summed E-state index contributed by atoms with van der Waals surface area (Å²) in [5.74, 6) is 1.16. The summed E-state index contributed by atoms with van der Waals surface area (Å²) in [4.78, 5) is 10.7. The molecule has 0 amide bonds. The molecule has 2 aromatic carbocycles. The second-order valence-corrected chi connectivity index (χ2v) is 8.45. The van der Waals surface area contributed by atoms with Gasteiger partial charge in [0.1, 0.15) is 17.2 Å². The molecule has 2 rings (SSSR count). The number of ether oxygens (including phenoxy) is 1. The molecule has 0 aliphatic heterocycles. The molecule has 0 saturated carbocycles. The minimum Gasteiger partial charge on any atom is -0.456 e. The Labute approximate surface area is 180 Å². The zero-order valence-corrected chi connectivity index (χ0v) is 19.7. The lowest BCUT2D eigenvalue weighted by atomic mass is 10.2. The highest BCUT2D eigenvalue weighted by atomic mass is 79.9. The summed E-state index contributed by atoms with van der Waals surface area (Å²) in [6.45, 7) is 3.84. The van der Waals surface area contributed by atoms with Crippen molar-refractivity contribution in [1.82, 2.24) is 0 Å². The van der Waals surface area contributed by atoms with Crippen molar-refractivity contribution in [2.24, 2.45) is 0 Å². The van der Waals surface area contributed by atoms with Crippen LogP contribution in [0.1, 0.15) is 13.8 Å². The maximum absolute atomic E-state index is 11.1. The van der Waals surface area contributed by atoms with Crippen LogP contribution in [0.25, 0.3) is 0 Å². The number of anilines is 1. The largest absolute Gasteiger partial charge is 0.696 e. The Hall–Kier alpha value is -1.58. The SMILES string of the molecule is CC(C)Nc1cc(Oc2ccc(Br)cc2Br)ccc1[N+](=O)[O-].CO[P+](=O)OC. The van der Waals surface area contributed by atoms with E-state index in [-0.39, 0.29) is 11.7 Å². The summed E-state index contributed by atoms with van der Waals surface area (Å²) in [7, 11) is 0.817. The standard InChI is InChI=1S/C15H14Br2N2O3.C2H6O3P/c1-9(2)18-13-8-11(4-5-14(13)19(20)21)22-15-6-3-10(16)7-12(15)17;1-4-6(3)5-2/h3-9,18H,1-2H3;1-2H3/q;+1. The first-order valence-electron chi connectivity index (χ1n) is 7.91. The maximum atomic E-state index is 11.1. The Morgan fingerprint density at radius 2 is 1.75 bits per heavy atom. The van der Waals surface area contributed by atoms with Gasteiger partial charge in [0.05, 0.1) is 23.6 Å². The molecule has 2 aromatic rings. The third-order valence-electron chi connectivity index (χ3n) is 3.03. The highest BCUT2D eigenvalue weighted by Crippen LogP contribution is 2.35. The Kier molecular flexibility index (Phi) is 10.6. The number of nitrogens with one attached hydrogen (secondary N) is 1. The fourth-order valence-corrected chi connectivity index (χ4v) is 3.20. The Morgan fingerprint density at radius 3 is 2.21 bits per heavy atom. The van der Waals surface area contributed by atoms with Gasteiger partial charge in [0.15, 0.2) is 0 Å². The van der Waals surface area contributed by atoms with E-state index in [1.54, 1.807) is 12.1 Å². The van der Waals surface area contributed by atoms with Crippen molar-refractivity contribution in [2.45, 2.75) is 19.9 Å². The number of rotatable bonds is 7. The molecule has 0 saturated heterocycles. The van der Waals surface area contributed by atoms with Gasteiger partial charge < -0.3 is 10.1 Å². The third-order valence-corrected chi connectivity index (χ3v) is 4.74. The zero-order chi connectivity index (χ0) is 21.3. The van der Waals surface area contributed by atoms with Gasteiger partial charge in [0, 0.05) is 27.2 Å². The van der Waals surface area contributed by atoms with Crippen LogP contribution in [0.5, 0.6) is 11.5 Å². The molecule has 0 unspecified atom stereocenters. The van der Waals surface area contributed by atoms with Crippen LogP contribution in [-0.4, -0.2) is 25.2 Å².